The van der Waals surface area contributed by atoms with E-state index in [9.17, 15) is 10.1 Å². The fourth-order valence-electron chi connectivity index (χ4n) is 2.01. The second-order valence-electron chi connectivity index (χ2n) is 4.71. The van der Waals surface area contributed by atoms with Crippen molar-refractivity contribution in [2.45, 2.75) is 26.7 Å². The van der Waals surface area contributed by atoms with Crippen LogP contribution in [0.4, 0.5) is 5.69 Å². The summed E-state index contributed by atoms with van der Waals surface area (Å²) in [6, 6.07) is 4.83. The van der Waals surface area contributed by atoms with Crippen molar-refractivity contribution in [1.82, 2.24) is 15.5 Å². The first kappa shape index (κ1) is 15.5. The summed E-state index contributed by atoms with van der Waals surface area (Å²) in [6.45, 7) is 5.89. The molecule has 0 unspecified atom stereocenters. The summed E-state index contributed by atoms with van der Waals surface area (Å²) < 4.78 is 0. The van der Waals surface area contributed by atoms with E-state index in [0.717, 1.165) is 47.1 Å². The molecule has 0 aliphatic rings. The van der Waals surface area contributed by atoms with E-state index in [1.807, 2.05) is 6.92 Å². The van der Waals surface area contributed by atoms with Gasteiger partial charge in [-0.05, 0) is 38.1 Å². The predicted molar refractivity (Wildman–Crippen MR) is 83.6 cm³/mol. The molecule has 2 aromatic rings. The largest absolute Gasteiger partial charge is 0.317 e. The van der Waals surface area contributed by atoms with Crippen LogP contribution < -0.4 is 5.32 Å². The van der Waals surface area contributed by atoms with Gasteiger partial charge in [-0.2, -0.15) is 0 Å². The number of hydrogen-bond acceptors (Lipinski definition) is 6. The van der Waals surface area contributed by atoms with Gasteiger partial charge < -0.3 is 5.32 Å². The fourth-order valence-corrected chi connectivity index (χ4v) is 2.98. The van der Waals surface area contributed by atoms with Crippen molar-refractivity contribution in [3.63, 3.8) is 0 Å². The zero-order valence-corrected chi connectivity index (χ0v) is 12.9. The molecule has 0 aliphatic carbocycles. The number of nitro groups is 1. The minimum atomic E-state index is -0.386. The first-order valence-electron chi connectivity index (χ1n) is 6.90. The van der Waals surface area contributed by atoms with Crippen molar-refractivity contribution in [2.24, 2.45) is 0 Å². The molecule has 112 valence electrons. The van der Waals surface area contributed by atoms with Crippen molar-refractivity contribution in [3.8, 4) is 10.6 Å². The van der Waals surface area contributed by atoms with E-state index in [-0.39, 0.29) is 10.6 Å². The Morgan fingerprint density at radius 1 is 1.38 bits per heavy atom. The van der Waals surface area contributed by atoms with Crippen molar-refractivity contribution in [3.05, 3.63) is 38.9 Å². The van der Waals surface area contributed by atoms with Crippen LogP contribution in [-0.2, 0) is 6.42 Å². The highest BCUT2D eigenvalue weighted by Crippen LogP contribution is 2.29. The van der Waals surface area contributed by atoms with Gasteiger partial charge >= 0.3 is 0 Å². The highest BCUT2D eigenvalue weighted by molar-refractivity contribution is 7.14. The van der Waals surface area contributed by atoms with Gasteiger partial charge in [0.1, 0.15) is 10.0 Å². The highest BCUT2D eigenvalue weighted by Gasteiger charge is 2.13. The third-order valence-electron chi connectivity index (χ3n) is 3.11. The van der Waals surface area contributed by atoms with Crippen LogP contribution in [0.25, 0.3) is 10.6 Å². The third-order valence-corrected chi connectivity index (χ3v) is 4.13. The normalized spacial score (nSPS) is 10.8. The fraction of sp³-hybridized carbons (Fsp3) is 0.429. The third kappa shape index (κ3) is 4.05. The molecule has 1 aromatic heterocycles. The average molecular weight is 306 g/mol. The molecule has 0 radical (unpaired) electrons. The summed E-state index contributed by atoms with van der Waals surface area (Å²) in [7, 11) is 0. The number of nitrogens with one attached hydrogen (secondary N) is 1. The van der Waals surface area contributed by atoms with Gasteiger partial charge in [-0.3, -0.25) is 10.1 Å². The molecule has 1 N–H and O–H groups in total. The van der Waals surface area contributed by atoms with Crippen LogP contribution in [0.1, 0.15) is 23.9 Å². The summed E-state index contributed by atoms with van der Waals surface area (Å²) in [6.07, 6.45) is 1.93. The minimum absolute atomic E-state index is 0.103. The zero-order chi connectivity index (χ0) is 15.2. The van der Waals surface area contributed by atoms with Crippen LogP contribution >= 0.6 is 11.3 Å². The number of nitro benzene ring substituents is 1. The lowest BCUT2D eigenvalue weighted by Gasteiger charge is -2.01. The number of non-ortho nitro benzene ring substituents is 1. The van der Waals surface area contributed by atoms with Gasteiger partial charge in [0, 0.05) is 24.1 Å². The van der Waals surface area contributed by atoms with E-state index < -0.39 is 0 Å². The molecule has 1 heterocycles. The Kier molecular flexibility index (Phi) is 5.35. The van der Waals surface area contributed by atoms with Gasteiger partial charge in [0.25, 0.3) is 5.69 Å². The van der Waals surface area contributed by atoms with E-state index >= 15 is 0 Å². The molecule has 0 spiro atoms. The Bertz CT molecular complexity index is 627. The predicted octanol–water partition coefficient (Wildman–Crippen LogP) is 2.96. The molecule has 21 heavy (non-hydrogen) atoms. The summed E-state index contributed by atoms with van der Waals surface area (Å²) in [4.78, 5) is 10.4. The second-order valence-corrected chi connectivity index (χ2v) is 5.78. The highest BCUT2D eigenvalue weighted by atomic mass is 32.1. The van der Waals surface area contributed by atoms with E-state index in [4.69, 9.17) is 0 Å². The van der Waals surface area contributed by atoms with Gasteiger partial charge in [0.05, 0.1) is 4.92 Å². The van der Waals surface area contributed by atoms with Crippen molar-refractivity contribution >= 4 is 17.0 Å². The number of aromatic nitrogens is 2. The van der Waals surface area contributed by atoms with Gasteiger partial charge in [0.2, 0.25) is 0 Å². The topological polar surface area (TPSA) is 81.0 Å². The molecule has 0 atom stereocenters. The SMILES string of the molecule is CCNCCCc1nnc(-c2ccc([N+](=O)[O-])cc2C)s1. The lowest BCUT2D eigenvalue weighted by Crippen LogP contribution is -2.14. The Morgan fingerprint density at radius 2 is 2.19 bits per heavy atom. The maximum Gasteiger partial charge on any atom is 0.269 e. The molecule has 1 aromatic carbocycles. The number of nitrogens with zero attached hydrogens (tertiary/aromatic N) is 3. The monoisotopic (exact) mass is 306 g/mol. The molecule has 0 amide bonds. The Labute approximate surface area is 127 Å². The first-order chi connectivity index (χ1) is 10.1. The van der Waals surface area contributed by atoms with E-state index in [1.54, 1.807) is 23.5 Å². The molecule has 0 fully saturated rings. The zero-order valence-electron chi connectivity index (χ0n) is 12.1. The lowest BCUT2D eigenvalue weighted by atomic mass is 10.1. The molecule has 7 heteroatoms. The molecule has 0 saturated carbocycles. The van der Waals surface area contributed by atoms with Crippen LogP contribution in [0, 0.1) is 17.0 Å². The van der Waals surface area contributed by atoms with Gasteiger partial charge in [-0.15, -0.1) is 10.2 Å². The molecule has 0 aliphatic heterocycles. The van der Waals surface area contributed by atoms with Crippen molar-refractivity contribution in [2.75, 3.05) is 13.1 Å². The van der Waals surface area contributed by atoms with Gasteiger partial charge in [-0.1, -0.05) is 18.3 Å². The van der Waals surface area contributed by atoms with Crippen LogP contribution in [0.2, 0.25) is 0 Å². The molecule has 6 nitrogen and oxygen atoms in total. The Balaban J connectivity index is 2.08. The van der Waals surface area contributed by atoms with Crippen molar-refractivity contribution in [1.29, 1.82) is 0 Å². The number of hydrogen-bond donors (Lipinski definition) is 1. The molecule has 0 saturated heterocycles. The average Bonchev–Trinajstić information content (AvgIpc) is 2.92. The second kappa shape index (κ2) is 7.24. The summed E-state index contributed by atoms with van der Waals surface area (Å²) >= 11 is 1.55. The van der Waals surface area contributed by atoms with Crippen LogP contribution in [-0.4, -0.2) is 28.2 Å². The smallest absolute Gasteiger partial charge is 0.269 e. The molecule has 2 rings (SSSR count). The standard InChI is InChI=1S/C14H18N4O2S/c1-3-15-8-4-5-13-16-17-14(21-13)12-7-6-11(18(19)20)9-10(12)2/h6-7,9,15H,3-5,8H2,1-2H3. The minimum Gasteiger partial charge on any atom is -0.317 e. The maximum absolute atomic E-state index is 10.8. The molecule has 0 bridgehead atoms. The molecular formula is C14H18N4O2S. The summed E-state index contributed by atoms with van der Waals surface area (Å²) in [5.41, 5.74) is 1.86. The van der Waals surface area contributed by atoms with Crippen molar-refractivity contribution < 1.29 is 4.92 Å². The van der Waals surface area contributed by atoms with Crippen LogP contribution in [0.3, 0.4) is 0 Å². The number of benzene rings is 1. The van der Waals surface area contributed by atoms with Gasteiger partial charge in [0.15, 0.2) is 0 Å². The molecular weight excluding hydrogens is 288 g/mol. The Hall–Kier alpha value is -1.86. The first-order valence-corrected chi connectivity index (χ1v) is 7.72. The number of aryl methyl sites for hydroxylation is 2. The Morgan fingerprint density at radius 3 is 2.86 bits per heavy atom. The van der Waals surface area contributed by atoms with Crippen LogP contribution in [0.5, 0.6) is 0 Å². The summed E-state index contributed by atoms with van der Waals surface area (Å²) in [5, 5.41) is 24.2. The van der Waals surface area contributed by atoms with E-state index in [0.29, 0.717) is 0 Å². The van der Waals surface area contributed by atoms with E-state index in [1.165, 1.54) is 6.07 Å². The maximum atomic E-state index is 10.8. The number of rotatable bonds is 7. The van der Waals surface area contributed by atoms with Crippen LogP contribution in [0.15, 0.2) is 18.2 Å². The quantitative estimate of drug-likeness (QED) is 0.483. The lowest BCUT2D eigenvalue weighted by molar-refractivity contribution is -0.384. The van der Waals surface area contributed by atoms with Gasteiger partial charge in [-0.25, -0.2) is 0 Å². The van der Waals surface area contributed by atoms with E-state index in [2.05, 4.69) is 22.4 Å². The summed E-state index contributed by atoms with van der Waals surface area (Å²) in [5.74, 6) is 0.